The summed E-state index contributed by atoms with van der Waals surface area (Å²) in [5.41, 5.74) is 0.873. The van der Waals surface area contributed by atoms with Crippen molar-refractivity contribution in [2.45, 2.75) is 83.3 Å². The third-order valence-corrected chi connectivity index (χ3v) is 7.40. The first-order valence-electron chi connectivity index (χ1n) is 14.6. The van der Waals surface area contributed by atoms with Crippen LogP contribution in [0.15, 0.2) is 48.9 Å². The van der Waals surface area contributed by atoms with E-state index >= 15 is 0 Å². The molecule has 1 aliphatic rings. The maximum atomic E-state index is 13.8. The Morgan fingerprint density at radius 1 is 1.10 bits per heavy atom. The van der Waals surface area contributed by atoms with Crippen LogP contribution < -0.4 is 16.0 Å². The van der Waals surface area contributed by atoms with E-state index in [-0.39, 0.29) is 30.2 Å². The van der Waals surface area contributed by atoms with Crippen LogP contribution in [0.4, 0.5) is 0 Å². The molecule has 3 N–H and O–H groups in total. The standard InChI is InChI=1S/C30H47BN6O3/c1-23(2)19-27(31-37(5)22-30(3,40-31)15-11-6-7-12-16-32-4)36-28(38)25(20-24-13-9-8-10-14-24)35-29(39)26-21-33-17-18-34-26/h8-10,13-14,17-18,21,23,25,27,32H,6-7,11-12,15-16,19-20,22H2,1-5H3,(H,35,39)(H,36,38)/t25-,27?,30?/m0/s1. The summed E-state index contributed by atoms with van der Waals surface area (Å²) >= 11 is 0. The van der Waals surface area contributed by atoms with Crippen LogP contribution in [0.2, 0.25) is 0 Å². The van der Waals surface area contributed by atoms with Crippen molar-refractivity contribution in [3.63, 3.8) is 0 Å². The number of hydrogen-bond acceptors (Lipinski definition) is 7. The molecule has 1 aromatic heterocycles. The number of unbranched alkanes of at least 4 members (excludes halogenated alkanes) is 3. The van der Waals surface area contributed by atoms with E-state index in [2.05, 4.69) is 58.5 Å². The average Bonchev–Trinajstić information content (AvgIpc) is 3.24. The lowest BCUT2D eigenvalue weighted by molar-refractivity contribution is -0.123. The van der Waals surface area contributed by atoms with E-state index in [9.17, 15) is 9.59 Å². The minimum atomic E-state index is -0.776. The number of carbonyl (C=O) groups is 2. The molecule has 3 rings (SSSR count). The van der Waals surface area contributed by atoms with Crippen LogP contribution in [0.25, 0.3) is 0 Å². The number of aromatic nitrogens is 2. The van der Waals surface area contributed by atoms with Crippen molar-refractivity contribution in [1.29, 1.82) is 0 Å². The highest BCUT2D eigenvalue weighted by Crippen LogP contribution is 2.30. The molecule has 0 saturated carbocycles. The monoisotopic (exact) mass is 550 g/mol. The average molecular weight is 551 g/mol. The zero-order chi connectivity index (χ0) is 29.0. The van der Waals surface area contributed by atoms with Crippen molar-refractivity contribution in [3.05, 3.63) is 60.2 Å². The minimum absolute atomic E-state index is 0.174. The quantitative estimate of drug-likeness (QED) is 0.218. The number of benzene rings is 1. The molecule has 10 heteroatoms. The molecular formula is C30H47BN6O3. The van der Waals surface area contributed by atoms with Gasteiger partial charge < -0.3 is 25.4 Å². The number of hydrogen-bond donors (Lipinski definition) is 3. The van der Waals surface area contributed by atoms with Gasteiger partial charge in [-0.2, -0.15) is 0 Å². The van der Waals surface area contributed by atoms with E-state index in [0.717, 1.165) is 37.9 Å². The first-order valence-corrected chi connectivity index (χ1v) is 14.6. The maximum absolute atomic E-state index is 13.8. The Morgan fingerprint density at radius 2 is 1.85 bits per heavy atom. The van der Waals surface area contributed by atoms with Gasteiger partial charge in [0.2, 0.25) is 5.91 Å². The van der Waals surface area contributed by atoms with E-state index in [1.165, 1.54) is 37.9 Å². The maximum Gasteiger partial charge on any atom is 0.406 e. The molecule has 3 atom stereocenters. The zero-order valence-corrected chi connectivity index (χ0v) is 24.9. The summed E-state index contributed by atoms with van der Waals surface area (Å²) in [6.07, 6.45) is 11.2. The van der Waals surface area contributed by atoms with E-state index in [1.807, 2.05) is 37.4 Å². The number of likely N-dealkylation sites (N-methyl/N-ethyl adjacent to an activating group) is 1. The predicted octanol–water partition coefficient (Wildman–Crippen LogP) is 3.27. The SMILES string of the molecule is CNCCCCCCC1(C)CN(C)B(C(CC(C)C)NC(=O)[C@H](Cc2ccccc2)NC(=O)c2cnccn2)O1. The molecule has 1 aliphatic heterocycles. The molecule has 1 aromatic carbocycles. The van der Waals surface area contributed by atoms with Crippen LogP contribution in [0.5, 0.6) is 0 Å². The molecule has 1 saturated heterocycles. The van der Waals surface area contributed by atoms with Crippen molar-refractivity contribution in [2.24, 2.45) is 5.92 Å². The third-order valence-electron chi connectivity index (χ3n) is 7.40. The number of carbonyl (C=O) groups excluding carboxylic acids is 2. The molecule has 2 unspecified atom stereocenters. The fourth-order valence-electron chi connectivity index (χ4n) is 5.46. The minimum Gasteiger partial charge on any atom is -0.413 e. The summed E-state index contributed by atoms with van der Waals surface area (Å²) in [5, 5.41) is 9.36. The zero-order valence-electron chi connectivity index (χ0n) is 24.9. The van der Waals surface area contributed by atoms with Gasteiger partial charge in [-0.3, -0.25) is 14.6 Å². The Balaban J connectivity index is 1.70. The second-order valence-electron chi connectivity index (χ2n) is 11.7. The van der Waals surface area contributed by atoms with Gasteiger partial charge in [0.05, 0.1) is 17.7 Å². The highest BCUT2D eigenvalue weighted by molar-refractivity contribution is 6.51. The molecule has 0 bridgehead atoms. The number of amides is 2. The lowest BCUT2D eigenvalue weighted by atomic mass is 9.68. The van der Waals surface area contributed by atoms with E-state index < -0.39 is 11.9 Å². The molecule has 0 radical (unpaired) electrons. The second kappa shape index (κ2) is 15.8. The Bertz CT molecular complexity index is 1040. The Morgan fingerprint density at radius 3 is 2.52 bits per heavy atom. The first-order chi connectivity index (χ1) is 19.2. The molecule has 9 nitrogen and oxygen atoms in total. The smallest absolute Gasteiger partial charge is 0.406 e. The van der Waals surface area contributed by atoms with Gasteiger partial charge in [-0.25, -0.2) is 4.98 Å². The van der Waals surface area contributed by atoms with Crippen LogP contribution in [-0.2, 0) is 15.9 Å². The topological polar surface area (TPSA) is 108 Å². The molecule has 40 heavy (non-hydrogen) atoms. The van der Waals surface area contributed by atoms with Gasteiger partial charge in [-0.15, -0.1) is 0 Å². The van der Waals surface area contributed by atoms with Crippen molar-refractivity contribution < 1.29 is 14.2 Å². The first kappa shape index (κ1) is 31.7. The van der Waals surface area contributed by atoms with Gasteiger partial charge in [-0.05, 0) is 58.3 Å². The summed E-state index contributed by atoms with van der Waals surface area (Å²) in [6.45, 7) is 8.35. The fourth-order valence-corrected chi connectivity index (χ4v) is 5.46. The molecular weight excluding hydrogens is 503 g/mol. The van der Waals surface area contributed by atoms with Crippen molar-refractivity contribution in [1.82, 2.24) is 30.7 Å². The normalized spacial score (nSPS) is 19.0. The Labute approximate surface area is 240 Å². The predicted molar refractivity (Wildman–Crippen MR) is 160 cm³/mol. The van der Waals surface area contributed by atoms with Crippen molar-refractivity contribution in [3.8, 4) is 0 Å². The number of nitrogens with zero attached hydrogens (tertiary/aromatic N) is 3. The Kier molecular flexibility index (Phi) is 12.6. The highest BCUT2D eigenvalue weighted by Gasteiger charge is 2.47. The molecule has 2 heterocycles. The summed E-state index contributed by atoms with van der Waals surface area (Å²) < 4.78 is 6.69. The number of rotatable bonds is 16. The molecule has 2 aromatic rings. The van der Waals surface area contributed by atoms with E-state index in [4.69, 9.17) is 4.65 Å². The molecule has 1 fully saturated rings. The van der Waals surface area contributed by atoms with Crippen molar-refractivity contribution >= 4 is 18.9 Å². The largest absolute Gasteiger partial charge is 0.413 e. The van der Waals surface area contributed by atoms with Crippen LogP contribution in [-0.4, -0.2) is 78.4 Å². The second-order valence-corrected chi connectivity index (χ2v) is 11.7. The van der Waals surface area contributed by atoms with Crippen LogP contribution >= 0.6 is 0 Å². The number of nitrogens with one attached hydrogen (secondary N) is 3. The summed E-state index contributed by atoms with van der Waals surface area (Å²) in [7, 11) is 3.82. The van der Waals surface area contributed by atoms with Crippen LogP contribution in [0.1, 0.15) is 75.3 Å². The van der Waals surface area contributed by atoms with Gasteiger partial charge in [0, 0.05) is 25.4 Å². The fraction of sp³-hybridized carbons (Fsp3) is 0.600. The van der Waals surface area contributed by atoms with Crippen molar-refractivity contribution in [2.75, 3.05) is 27.2 Å². The van der Waals surface area contributed by atoms with Gasteiger partial charge in [0.25, 0.3) is 5.91 Å². The summed E-state index contributed by atoms with van der Waals surface area (Å²) in [6, 6.07) is 8.93. The Hall–Kier alpha value is -2.82. The molecule has 0 spiro atoms. The lowest BCUT2D eigenvalue weighted by Gasteiger charge is -2.29. The van der Waals surface area contributed by atoms with E-state index in [0.29, 0.717) is 12.3 Å². The molecule has 0 aliphatic carbocycles. The van der Waals surface area contributed by atoms with Gasteiger partial charge in [0.1, 0.15) is 11.7 Å². The van der Waals surface area contributed by atoms with Gasteiger partial charge >= 0.3 is 7.05 Å². The third kappa shape index (κ3) is 9.98. The lowest BCUT2D eigenvalue weighted by Crippen LogP contribution is -2.58. The molecule has 2 amide bonds. The van der Waals surface area contributed by atoms with Crippen LogP contribution in [0, 0.1) is 5.92 Å². The summed E-state index contributed by atoms with van der Waals surface area (Å²) in [4.78, 5) is 37.1. The van der Waals surface area contributed by atoms with Crippen LogP contribution in [0.3, 0.4) is 0 Å². The summed E-state index contributed by atoms with van der Waals surface area (Å²) in [5.74, 6) is -0.535. The van der Waals surface area contributed by atoms with E-state index in [1.54, 1.807) is 0 Å². The van der Waals surface area contributed by atoms with Gasteiger partial charge in [-0.1, -0.05) is 63.4 Å². The molecule has 218 valence electrons. The highest BCUT2D eigenvalue weighted by atomic mass is 16.5. The van der Waals surface area contributed by atoms with Gasteiger partial charge in [0.15, 0.2) is 0 Å².